The van der Waals surface area contributed by atoms with Crippen LogP contribution in [0.3, 0.4) is 0 Å². The Balaban J connectivity index is 0.000000509. The highest BCUT2D eigenvalue weighted by Crippen LogP contribution is 2.65. The van der Waals surface area contributed by atoms with E-state index in [9.17, 15) is 0 Å². The van der Waals surface area contributed by atoms with Crippen molar-refractivity contribution in [1.82, 2.24) is 0 Å². The molecule has 4 saturated carbocycles. The van der Waals surface area contributed by atoms with E-state index in [1.165, 1.54) is 32.1 Å². The minimum absolute atomic E-state index is 0.288. The molecular formula is C30H48. The molecule has 4 fully saturated rings. The lowest BCUT2D eigenvalue weighted by atomic mass is 9.42. The number of hydrogen-bond donors (Lipinski definition) is 0. The van der Waals surface area contributed by atoms with Gasteiger partial charge in [-0.15, -0.1) is 0 Å². The van der Waals surface area contributed by atoms with Gasteiger partial charge in [0, 0.05) is 5.41 Å². The molecule has 0 saturated heterocycles. The van der Waals surface area contributed by atoms with E-state index < -0.39 is 0 Å². The van der Waals surface area contributed by atoms with E-state index in [1.54, 1.807) is 11.1 Å². The molecule has 4 bridgehead atoms. The zero-order valence-corrected chi connectivity index (χ0v) is 21.1. The van der Waals surface area contributed by atoms with Crippen LogP contribution < -0.4 is 0 Å². The van der Waals surface area contributed by atoms with Crippen molar-refractivity contribution in [3.63, 3.8) is 0 Å². The van der Waals surface area contributed by atoms with Gasteiger partial charge in [-0.05, 0) is 66.9 Å². The Labute approximate surface area is 188 Å². The fraction of sp³-hybridized carbons (Fsp3) is 0.600. The van der Waals surface area contributed by atoms with Crippen molar-refractivity contribution in [1.29, 1.82) is 0 Å². The summed E-state index contributed by atoms with van der Waals surface area (Å²) in [6.07, 6.45) is 7.34. The van der Waals surface area contributed by atoms with Gasteiger partial charge < -0.3 is 0 Å². The molecule has 0 heterocycles. The van der Waals surface area contributed by atoms with Crippen LogP contribution in [0.4, 0.5) is 0 Å². The van der Waals surface area contributed by atoms with Crippen molar-refractivity contribution in [3.8, 4) is 0 Å². The molecule has 0 aliphatic heterocycles. The second kappa shape index (κ2) is 13.7. The zero-order valence-electron chi connectivity index (χ0n) is 21.1. The van der Waals surface area contributed by atoms with E-state index in [0.29, 0.717) is 0 Å². The van der Waals surface area contributed by atoms with Crippen LogP contribution in [-0.4, -0.2) is 0 Å². The maximum Gasteiger partial charge on any atom is 0.0259 e. The lowest BCUT2D eigenvalue weighted by molar-refractivity contribution is -0.0418. The van der Waals surface area contributed by atoms with Crippen molar-refractivity contribution >= 4 is 0 Å². The van der Waals surface area contributed by atoms with Gasteiger partial charge in [-0.25, -0.2) is 0 Å². The van der Waals surface area contributed by atoms with Gasteiger partial charge in [0.25, 0.3) is 0 Å². The summed E-state index contributed by atoms with van der Waals surface area (Å²) in [5, 5.41) is 0. The smallest absolute Gasteiger partial charge is 0.0259 e. The molecule has 0 nitrogen and oxygen atoms in total. The van der Waals surface area contributed by atoms with Gasteiger partial charge in [-0.1, -0.05) is 116 Å². The highest BCUT2D eigenvalue weighted by Gasteiger charge is 2.58. The molecule has 168 valence electrons. The van der Waals surface area contributed by atoms with Crippen LogP contribution in [0.15, 0.2) is 60.7 Å². The first kappa shape index (κ1) is 26.5. The molecule has 0 radical (unpaired) electrons. The SMILES string of the molecule is CC.CC.CC.CC.c1ccc(C2(c3ccccc3)C3CC4CC(C3)CC2C4)cc1. The number of benzene rings is 2. The van der Waals surface area contributed by atoms with E-state index in [4.69, 9.17) is 0 Å². The average Bonchev–Trinajstić information content (AvgIpc) is 2.85. The van der Waals surface area contributed by atoms with Gasteiger partial charge >= 0.3 is 0 Å². The largest absolute Gasteiger partial charge is 0.0683 e. The van der Waals surface area contributed by atoms with Crippen LogP contribution >= 0.6 is 0 Å². The minimum atomic E-state index is 0.288. The predicted octanol–water partition coefficient (Wildman–Crippen LogP) is 9.53. The Hall–Kier alpha value is -1.56. The van der Waals surface area contributed by atoms with Gasteiger partial charge in [0.15, 0.2) is 0 Å². The molecule has 30 heavy (non-hydrogen) atoms. The molecule has 2 aromatic carbocycles. The van der Waals surface area contributed by atoms with E-state index in [2.05, 4.69) is 60.7 Å². The van der Waals surface area contributed by atoms with Gasteiger partial charge in [0.1, 0.15) is 0 Å². The first-order valence-electron chi connectivity index (χ1n) is 13.0. The first-order chi connectivity index (χ1) is 14.9. The summed E-state index contributed by atoms with van der Waals surface area (Å²) in [5.74, 6) is 3.74. The summed E-state index contributed by atoms with van der Waals surface area (Å²) < 4.78 is 0. The lowest BCUT2D eigenvalue weighted by Gasteiger charge is -2.62. The van der Waals surface area contributed by atoms with Crippen molar-refractivity contribution in [2.45, 2.75) is 92.9 Å². The zero-order chi connectivity index (χ0) is 22.6. The molecule has 0 amide bonds. The van der Waals surface area contributed by atoms with E-state index in [-0.39, 0.29) is 5.41 Å². The highest BCUT2D eigenvalue weighted by molar-refractivity contribution is 5.43. The van der Waals surface area contributed by atoms with Crippen molar-refractivity contribution in [2.75, 3.05) is 0 Å². The highest BCUT2D eigenvalue weighted by atomic mass is 14.6. The molecule has 4 aliphatic rings. The predicted molar refractivity (Wildman–Crippen MR) is 136 cm³/mol. The fourth-order valence-electron chi connectivity index (χ4n) is 6.46. The van der Waals surface area contributed by atoms with Crippen molar-refractivity contribution in [3.05, 3.63) is 71.8 Å². The van der Waals surface area contributed by atoms with Crippen LogP contribution in [0.2, 0.25) is 0 Å². The fourth-order valence-corrected chi connectivity index (χ4v) is 6.46. The first-order valence-corrected chi connectivity index (χ1v) is 13.0. The van der Waals surface area contributed by atoms with E-state index in [0.717, 1.165) is 23.7 Å². The summed E-state index contributed by atoms with van der Waals surface area (Å²) in [6.45, 7) is 16.0. The van der Waals surface area contributed by atoms with E-state index >= 15 is 0 Å². The van der Waals surface area contributed by atoms with Crippen LogP contribution in [0.25, 0.3) is 0 Å². The number of rotatable bonds is 2. The molecule has 2 aromatic rings. The molecule has 0 unspecified atom stereocenters. The minimum Gasteiger partial charge on any atom is -0.0683 e. The number of hydrogen-bond acceptors (Lipinski definition) is 0. The normalized spacial score (nSPS) is 26.3. The Bertz CT molecular complexity index is 585. The van der Waals surface area contributed by atoms with Gasteiger partial charge in [0.05, 0.1) is 0 Å². The van der Waals surface area contributed by atoms with Crippen LogP contribution in [0.5, 0.6) is 0 Å². The maximum absolute atomic E-state index is 2.40. The standard InChI is InChI=1S/C22H24.4C2H6/c1-3-7-18(8-4-1)22(19-9-5-2-6-10-19)20-12-16-11-17(14-20)15-21(22)13-16;4*1-2/h1-10,16-17,20-21H,11-15H2;4*1-2H3. The maximum atomic E-state index is 2.40. The summed E-state index contributed by atoms with van der Waals surface area (Å²) in [5.41, 5.74) is 3.45. The molecule has 0 spiro atoms. The second-order valence-corrected chi connectivity index (χ2v) is 7.91. The van der Waals surface area contributed by atoms with Gasteiger partial charge in [0.2, 0.25) is 0 Å². The third-order valence-electron chi connectivity index (χ3n) is 6.93. The summed E-state index contributed by atoms with van der Waals surface area (Å²) in [4.78, 5) is 0. The van der Waals surface area contributed by atoms with Crippen LogP contribution in [0, 0.1) is 23.7 Å². The van der Waals surface area contributed by atoms with Crippen molar-refractivity contribution in [2.24, 2.45) is 23.7 Å². The molecule has 4 aliphatic carbocycles. The Morgan fingerprint density at radius 2 is 0.767 bits per heavy atom. The topological polar surface area (TPSA) is 0 Å². The second-order valence-electron chi connectivity index (χ2n) is 7.91. The molecule has 6 rings (SSSR count). The lowest BCUT2D eigenvalue weighted by Crippen LogP contribution is -2.56. The summed E-state index contributed by atoms with van der Waals surface area (Å²) in [7, 11) is 0. The Kier molecular flexibility index (Phi) is 12.1. The van der Waals surface area contributed by atoms with E-state index in [1.807, 2.05) is 55.4 Å². The summed E-state index contributed by atoms with van der Waals surface area (Å²) in [6, 6.07) is 22.9. The van der Waals surface area contributed by atoms with Crippen molar-refractivity contribution < 1.29 is 0 Å². The van der Waals surface area contributed by atoms with Gasteiger partial charge in [-0.3, -0.25) is 0 Å². The molecule has 0 atom stereocenters. The quantitative estimate of drug-likeness (QED) is 0.464. The molecule has 0 heteroatoms. The third kappa shape index (κ3) is 5.01. The monoisotopic (exact) mass is 408 g/mol. The summed E-state index contributed by atoms with van der Waals surface area (Å²) >= 11 is 0. The Morgan fingerprint density at radius 3 is 1.07 bits per heavy atom. The molecule has 0 aromatic heterocycles. The molecular weight excluding hydrogens is 360 g/mol. The van der Waals surface area contributed by atoms with Crippen LogP contribution in [-0.2, 0) is 5.41 Å². The third-order valence-corrected chi connectivity index (χ3v) is 6.93. The van der Waals surface area contributed by atoms with Crippen LogP contribution in [0.1, 0.15) is 98.6 Å². The molecule has 0 N–H and O–H groups in total. The Morgan fingerprint density at radius 1 is 0.467 bits per heavy atom. The van der Waals surface area contributed by atoms with Gasteiger partial charge in [-0.2, -0.15) is 0 Å². The average molecular weight is 409 g/mol.